The van der Waals surface area contributed by atoms with Gasteiger partial charge in [-0.05, 0) is 37.1 Å². The number of aryl methyl sites for hydroxylation is 1. The van der Waals surface area contributed by atoms with Crippen molar-refractivity contribution in [1.29, 1.82) is 0 Å². The van der Waals surface area contributed by atoms with Crippen LogP contribution in [0.3, 0.4) is 0 Å². The first kappa shape index (κ1) is 11.0. The van der Waals surface area contributed by atoms with Crippen molar-refractivity contribution in [3.63, 3.8) is 0 Å². The van der Waals surface area contributed by atoms with Crippen LogP contribution in [-0.2, 0) is 0 Å². The maximum absolute atomic E-state index is 9.40. The number of nitrogens with two attached hydrogens (primary N) is 1. The Morgan fingerprint density at radius 2 is 2.07 bits per heavy atom. The Kier molecular flexibility index (Phi) is 3.49. The zero-order valence-electron chi connectivity index (χ0n) is 8.82. The molecule has 0 saturated carbocycles. The molecule has 0 heterocycles. The molecule has 0 amide bonds. The van der Waals surface area contributed by atoms with Crippen molar-refractivity contribution in [2.24, 2.45) is 5.73 Å². The standard InChI is InChI=1S/C11H17NO2/c1-7-4-5-9(14-3)6-10(7)11(12)8(2)13/h4-6,8,11,13H,12H2,1-3H3. The number of hydrogen-bond acceptors (Lipinski definition) is 3. The van der Waals surface area contributed by atoms with E-state index in [-0.39, 0.29) is 6.04 Å². The molecule has 78 valence electrons. The molecule has 1 rings (SSSR count). The van der Waals surface area contributed by atoms with Gasteiger partial charge in [-0.25, -0.2) is 0 Å². The summed E-state index contributed by atoms with van der Waals surface area (Å²) in [7, 11) is 1.61. The number of rotatable bonds is 3. The lowest BCUT2D eigenvalue weighted by molar-refractivity contribution is 0.164. The third kappa shape index (κ3) is 2.25. The highest BCUT2D eigenvalue weighted by Crippen LogP contribution is 2.23. The van der Waals surface area contributed by atoms with Gasteiger partial charge in [0.05, 0.1) is 19.3 Å². The van der Waals surface area contributed by atoms with E-state index < -0.39 is 6.10 Å². The van der Waals surface area contributed by atoms with Gasteiger partial charge < -0.3 is 15.6 Å². The lowest BCUT2D eigenvalue weighted by Gasteiger charge is -2.18. The molecule has 3 nitrogen and oxygen atoms in total. The van der Waals surface area contributed by atoms with Gasteiger partial charge >= 0.3 is 0 Å². The average molecular weight is 195 g/mol. The van der Waals surface area contributed by atoms with Crippen molar-refractivity contribution in [3.8, 4) is 5.75 Å². The van der Waals surface area contributed by atoms with E-state index in [1.165, 1.54) is 0 Å². The zero-order valence-corrected chi connectivity index (χ0v) is 8.82. The molecule has 3 N–H and O–H groups in total. The van der Waals surface area contributed by atoms with E-state index in [1.807, 2.05) is 25.1 Å². The van der Waals surface area contributed by atoms with Gasteiger partial charge in [0.15, 0.2) is 0 Å². The minimum atomic E-state index is -0.555. The van der Waals surface area contributed by atoms with Crippen LogP contribution in [-0.4, -0.2) is 18.3 Å². The first-order valence-corrected chi connectivity index (χ1v) is 4.64. The normalized spacial score (nSPS) is 14.9. The molecule has 0 fully saturated rings. The van der Waals surface area contributed by atoms with E-state index in [9.17, 15) is 5.11 Å². The topological polar surface area (TPSA) is 55.5 Å². The molecule has 0 bridgehead atoms. The Morgan fingerprint density at radius 1 is 1.43 bits per heavy atom. The highest BCUT2D eigenvalue weighted by atomic mass is 16.5. The van der Waals surface area contributed by atoms with Gasteiger partial charge in [0.1, 0.15) is 5.75 Å². The van der Waals surface area contributed by atoms with Crippen molar-refractivity contribution in [2.75, 3.05) is 7.11 Å². The Morgan fingerprint density at radius 3 is 2.57 bits per heavy atom. The molecule has 0 aliphatic carbocycles. The molecule has 3 heteroatoms. The molecule has 1 aromatic rings. The predicted octanol–water partition coefficient (Wildman–Crippen LogP) is 1.38. The highest BCUT2D eigenvalue weighted by Gasteiger charge is 2.14. The average Bonchev–Trinajstić information content (AvgIpc) is 2.17. The summed E-state index contributed by atoms with van der Waals surface area (Å²) in [4.78, 5) is 0. The van der Waals surface area contributed by atoms with Gasteiger partial charge in [-0.1, -0.05) is 6.07 Å². The van der Waals surface area contributed by atoms with Crippen molar-refractivity contribution in [2.45, 2.75) is 26.0 Å². The smallest absolute Gasteiger partial charge is 0.119 e. The molecule has 0 aromatic heterocycles. The Balaban J connectivity index is 3.05. The first-order valence-electron chi connectivity index (χ1n) is 4.64. The second-order valence-corrected chi connectivity index (χ2v) is 3.49. The maximum atomic E-state index is 9.40. The molecule has 0 saturated heterocycles. The van der Waals surface area contributed by atoms with E-state index in [0.29, 0.717) is 0 Å². The van der Waals surface area contributed by atoms with E-state index in [1.54, 1.807) is 14.0 Å². The fourth-order valence-electron chi connectivity index (χ4n) is 1.36. The van der Waals surface area contributed by atoms with Crippen molar-refractivity contribution < 1.29 is 9.84 Å². The minimum absolute atomic E-state index is 0.356. The number of hydrogen-bond donors (Lipinski definition) is 2. The summed E-state index contributed by atoms with van der Waals surface area (Å²) in [6.45, 7) is 3.65. The van der Waals surface area contributed by atoms with E-state index in [4.69, 9.17) is 10.5 Å². The molecule has 0 radical (unpaired) electrons. The summed E-state index contributed by atoms with van der Waals surface area (Å²) in [6, 6.07) is 5.33. The van der Waals surface area contributed by atoms with Gasteiger partial charge in [-0.3, -0.25) is 0 Å². The Bertz CT molecular complexity index is 310. The van der Waals surface area contributed by atoms with Crippen LogP contribution in [0, 0.1) is 6.92 Å². The fourth-order valence-corrected chi connectivity index (χ4v) is 1.36. The van der Waals surface area contributed by atoms with E-state index >= 15 is 0 Å². The monoisotopic (exact) mass is 195 g/mol. The molecule has 1 aromatic carbocycles. The molecule has 0 aliphatic heterocycles. The molecular formula is C11H17NO2. The first-order chi connectivity index (χ1) is 6.56. The summed E-state index contributed by atoms with van der Waals surface area (Å²) in [6.07, 6.45) is -0.555. The number of aliphatic hydroxyl groups excluding tert-OH is 1. The summed E-state index contributed by atoms with van der Waals surface area (Å²) >= 11 is 0. The largest absolute Gasteiger partial charge is 0.497 e. The van der Waals surface area contributed by atoms with Gasteiger partial charge in [0, 0.05) is 0 Å². The van der Waals surface area contributed by atoms with Crippen LogP contribution in [0.4, 0.5) is 0 Å². The van der Waals surface area contributed by atoms with Crippen LogP contribution in [0.5, 0.6) is 5.75 Å². The van der Waals surface area contributed by atoms with E-state index in [0.717, 1.165) is 16.9 Å². The highest BCUT2D eigenvalue weighted by molar-refractivity contribution is 5.37. The molecular weight excluding hydrogens is 178 g/mol. The second-order valence-electron chi connectivity index (χ2n) is 3.49. The van der Waals surface area contributed by atoms with Crippen LogP contribution in [0.1, 0.15) is 24.1 Å². The second kappa shape index (κ2) is 4.44. The lowest BCUT2D eigenvalue weighted by atomic mass is 9.98. The summed E-state index contributed by atoms with van der Waals surface area (Å²) < 4.78 is 5.10. The predicted molar refractivity (Wildman–Crippen MR) is 56.3 cm³/mol. The summed E-state index contributed by atoms with van der Waals surface area (Å²) in [5.74, 6) is 0.765. The molecule has 0 aliphatic rings. The summed E-state index contributed by atoms with van der Waals surface area (Å²) in [5.41, 5.74) is 7.86. The third-order valence-corrected chi connectivity index (χ3v) is 2.37. The lowest BCUT2D eigenvalue weighted by Crippen LogP contribution is -2.24. The summed E-state index contributed by atoms with van der Waals surface area (Å²) in [5, 5.41) is 9.40. The van der Waals surface area contributed by atoms with Crippen LogP contribution in [0.15, 0.2) is 18.2 Å². The van der Waals surface area contributed by atoms with Crippen LogP contribution in [0.2, 0.25) is 0 Å². The Labute approximate surface area is 84.5 Å². The van der Waals surface area contributed by atoms with Gasteiger partial charge in [0.2, 0.25) is 0 Å². The van der Waals surface area contributed by atoms with Crippen molar-refractivity contribution in [1.82, 2.24) is 0 Å². The number of aliphatic hydroxyl groups is 1. The molecule has 2 atom stereocenters. The number of methoxy groups -OCH3 is 1. The van der Waals surface area contributed by atoms with Gasteiger partial charge in [0.25, 0.3) is 0 Å². The van der Waals surface area contributed by atoms with Crippen molar-refractivity contribution in [3.05, 3.63) is 29.3 Å². The zero-order chi connectivity index (χ0) is 10.7. The van der Waals surface area contributed by atoms with Gasteiger partial charge in [-0.2, -0.15) is 0 Å². The molecule has 2 unspecified atom stereocenters. The fraction of sp³-hybridized carbons (Fsp3) is 0.455. The van der Waals surface area contributed by atoms with Gasteiger partial charge in [-0.15, -0.1) is 0 Å². The van der Waals surface area contributed by atoms with Crippen LogP contribution < -0.4 is 10.5 Å². The minimum Gasteiger partial charge on any atom is -0.497 e. The number of benzene rings is 1. The maximum Gasteiger partial charge on any atom is 0.119 e. The molecule has 14 heavy (non-hydrogen) atoms. The van der Waals surface area contributed by atoms with Crippen LogP contribution in [0.25, 0.3) is 0 Å². The Hall–Kier alpha value is -1.06. The molecule has 0 spiro atoms. The number of ether oxygens (including phenoxy) is 1. The van der Waals surface area contributed by atoms with Crippen LogP contribution >= 0.6 is 0 Å². The van der Waals surface area contributed by atoms with Crippen molar-refractivity contribution >= 4 is 0 Å². The quantitative estimate of drug-likeness (QED) is 0.766. The van der Waals surface area contributed by atoms with E-state index in [2.05, 4.69) is 0 Å². The SMILES string of the molecule is COc1ccc(C)c(C(N)C(C)O)c1. The third-order valence-electron chi connectivity index (χ3n) is 2.37.